The number of rotatable bonds is 6. The molecule has 2 aliphatic heterocycles. The van der Waals surface area contributed by atoms with Gasteiger partial charge in [-0.15, -0.1) is 0 Å². The van der Waals surface area contributed by atoms with E-state index in [-0.39, 0.29) is 6.61 Å². The SMILES string of the molecule is COc1cc(C2(O)CN(c3nc4c(c(NC5(CO)CCC5)n3)[S@+]([O-])CC4)C2)ccc1Cl. The van der Waals surface area contributed by atoms with Crippen LogP contribution in [0, 0.1) is 0 Å². The summed E-state index contributed by atoms with van der Waals surface area (Å²) in [6.45, 7) is 0.657. The van der Waals surface area contributed by atoms with Crippen molar-refractivity contribution in [3.63, 3.8) is 0 Å². The van der Waals surface area contributed by atoms with Crippen LogP contribution in [-0.2, 0) is 23.2 Å². The first-order valence-corrected chi connectivity index (χ1v) is 12.1. The summed E-state index contributed by atoms with van der Waals surface area (Å²) in [6, 6.07) is 5.26. The Labute approximate surface area is 188 Å². The van der Waals surface area contributed by atoms with Crippen LogP contribution in [0.5, 0.6) is 5.75 Å². The van der Waals surface area contributed by atoms with Crippen LogP contribution in [0.4, 0.5) is 11.8 Å². The fraction of sp³-hybridized carbons (Fsp3) is 0.524. The number of aliphatic hydroxyl groups excluding tert-OH is 1. The van der Waals surface area contributed by atoms with E-state index < -0.39 is 22.3 Å². The molecule has 0 amide bonds. The number of aryl methyl sites for hydroxylation is 1. The average Bonchev–Trinajstić information content (AvgIpc) is 3.09. The van der Waals surface area contributed by atoms with Gasteiger partial charge in [0.25, 0.3) is 0 Å². The van der Waals surface area contributed by atoms with Crippen LogP contribution in [-0.4, -0.2) is 62.8 Å². The maximum atomic E-state index is 12.6. The second-order valence-electron chi connectivity index (χ2n) is 8.60. The van der Waals surface area contributed by atoms with Crippen LogP contribution in [0.3, 0.4) is 0 Å². The number of hydrogen-bond acceptors (Lipinski definition) is 8. The van der Waals surface area contributed by atoms with Gasteiger partial charge < -0.3 is 29.7 Å². The molecule has 5 rings (SSSR count). The zero-order chi connectivity index (χ0) is 21.8. The molecule has 0 unspecified atom stereocenters. The van der Waals surface area contributed by atoms with Crippen molar-refractivity contribution in [1.29, 1.82) is 0 Å². The third-order valence-electron chi connectivity index (χ3n) is 6.55. The van der Waals surface area contributed by atoms with Crippen LogP contribution >= 0.6 is 11.6 Å². The maximum absolute atomic E-state index is 12.6. The number of fused-ring (bicyclic) bond motifs is 1. The van der Waals surface area contributed by atoms with E-state index in [0.29, 0.717) is 52.7 Å². The highest BCUT2D eigenvalue weighted by Gasteiger charge is 2.46. The lowest BCUT2D eigenvalue weighted by Crippen LogP contribution is -2.60. The first-order valence-electron chi connectivity index (χ1n) is 10.4. The molecule has 2 aromatic rings. The number of nitrogens with zero attached hydrogens (tertiary/aromatic N) is 3. The molecule has 1 aliphatic carbocycles. The molecule has 0 radical (unpaired) electrons. The van der Waals surface area contributed by atoms with Crippen LogP contribution in [0.2, 0.25) is 5.02 Å². The Hall–Kier alpha value is -1.78. The molecule has 3 heterocycles. The van der Waals surface area contributed by atoms with Crippen molar-refractivity contribution in [2.45, 2.75) is 41.7 Å². The molecule has 1 saturated carbocycles. The van der Waals surface area contributed by atoms with Gasteiger partial charge in [-0.25, -0.2) is 4.98 Å². The summed E-state index contributed by atoms with van der Waals surface area (Å²) >= 11 is 4.97. The van der Waals surface area contributed by atoms with Crippen molar-refractivity contribution in [2.75, 3.05) is 42.8 Å². The van der Waals surface area contributed by atoms with E-state index in [1.807, 2.05) is 4.90 Å². The predicted molar refractivity (Wildman–Crippen MR) is 118 cm³/mol. The molecule has 10 heteroatoms. The van der Waals surface area contributed by atoms with Crippen molar-refractivity contribution in [2.24, 2.45) is 0 Å². The van der Waals surface area contributed by atoms with E-state index in [1.54, 1.807) is 25.3 Å². The Balaban J connectivity index is 1.41. The number of anilines is 2. The number of ether oxygens (including phenoxy) is 1. The molecule has 3 aliphatic rings. The minimum Gasteiger partial charge on any atom is -0.611 e. The number of β-amino-alcohol motifs (C(OH)–C–C–N with tert-alkyl or cyclic N) is 1. The van der Waals surface area contributed by atoms with Crippen LogP contribution < -0.4 is 15.0 Å². The highest BCUT2D eigenvalue weighted by atomic mass is 35.5. The smallest absolute Gasteiger partial charge is 0.228 e. The summed E-state index contributed by atoms with van der Waals surface area (Å²) in [5.41, 5.74) is 0.0414. The molecule has 0 spiro atoms. The fourth-order valence-corrected chi connectivity index (χ4v) is 5.95. The topological polar surface area (TPSA) is 114 Å². The standard InChI is InChI=1S/C21H25ClN4O4S/c1-30-16-9-13(3-4-14(16)22)21(28)10-26(11-21)19-23-15-5-8-31(29)17(15)18(24-19)25-20(12-27)6-2-7-20/h3-4,9,27-28H,2,5-8,10-12H2,1H3,(H,23,24,25)/t31-/m1/s1. The highest BCUT2D eigenvalue weighted by molar-refractivity contribution is 7.91. The minimum absolute atomic E-state index is 0.00953. The van der Waals surface area contributed by atoms with Crippen LogP contribution in [0.25, 0.3) is 0 Å². The molecule has 1 atom stereocenters. The third kappa shape index (κ3) is 3.52. The zero-order valence-corrected chi connectivity index (χ0v) is 18.8. The van der Waals surface area contributed by atoms with Gasteiger partial charge in [-0.1, -0.05) is 17.7 Å². The van der Waals surface area contributed by atoms with E-state index in [2.05, 4.69) is 15.3 Å². The Morgan fingerprint density at radius 3 is 2.74 bits per heavy atom. The summed E-state index contributed by atoms with van der Waals surface area (Å²) < 4.78 is 17.8. The van der Waals surface area contributed by atoms with Crippen molar-refractivity contribution in [3.05, 3.63) is 34.5 Å². The summed E-state index contributed by atoms with van der Waals surface area (Å²) in [6.07, 6.45) is 3.38. The van der Waals surface area contributed by atoms with Gasteiger partial charge in [-0.05, 0) is 48.1 Å². The zero-order valence-electron chi connectivity index (χ0n) is 17.2. The molecule has 1 aromatic carbocycles. The fourth-order valence-electron chi connectivity index (χ4n) is 4.45. The van der Waals surface area contributed by atoms with Crippen molar-refractivity contribution in [3.8, 4) is 5.75 Å². The molecule has 8 nitrogen and oxygen atoms in total. The second kappa shape index (κ2) is 7.67. The monoisotopic (exact) mass is 464 g/mol. The number of benzene rings is 1. The quantitative estimate of drug-likeness (QED) is 0.555. The number of nitrogens with one attached hydrogen (secondary N) is 1. The van der Waals surface area contributed by atoms with E-state index in [1.165, 1.54) is 0 Å². The Bertz CT molecular complexity index is 1010. The van der Waals surface area contributed by atoms with Gasteiger partial charge in [0.05, 0.1) is 37.4 Å². The van der Waals surface area contributed by atoms with Gasteiger partial charge in [-0.3, -0.25) is 0 Å². The van der Waals surface area contributed by atoms with Crippen molar-refractivity contribution >= 4 is 34.5 Å². The van der Waals surface area contributed by atoms with E-state index in [0.717, 1.165) is 30.5 Å². The largest absolute Gasteiger partial charge is 0.611 e. The molecular formula is C21H25ClN4O4S. The normalized spacial score (nSPS) is 23.0. The molecule has 0 bridgehead atoms. The third-order valence-corrected chi connectivity index (χ3v) is 8.32. The van der Waals surface area contributed by atoms with Crippen molar-refractivity contribution < 1.29 is 19.5 Å². The summed E-state index contributed by atoms with van der Waals surface area (Å²) in [7, 11) is 1.54. The maximum Gasteiger partial charge on any atom is 0.228 e. The lowest BCUT2D eigenvalue weighted by Gasteiger charge is -2.47. The predicted octanol–water partition coefficient (Wildman–Crippen LogP) is 1.84. The molecular weight excluding hydrogens is 440 g/mol. The highest BCUT2D eigenvalue weighted by Crippen LogP contribution is 2.41. The molecule has 31 heavy (non-hydrogen) atoms. The van der Waals surface area contributed by atoms with E-state index >= 15 is 0 Å². The van der Waals surface area contributed by atoms with Gasteiger partial charge in [0.1, 0.15) is 22.8 Å². The van der Waals surface area contributed by atoms with Crippen molar-refractivity contribution in [1.82, 2.24) is 9.97 Å². The molecule has 1 aromatic heterocycles. The Morgan fingerprint density at radius 2 is 2.10 bits per heavy atom. The first kappa shape index (κ1) is 21.1. The summed E-state index contributed by atoms with van der Waals surface area (Å²) in [4.78, 5) is 11.9. The number of halogens is 1. The second-order valence-corrected chi connectivity index (χ2v) is 10.5. The van der Waals surface area contributed by atoms with E-state index in [9.17, 15) is 14.8 Å². The number of hydrogen-bond donors (Lipinski definition) is 3. The first-order chi connectivity index (χ1) is 14.9. The lowest BCUT2D eigenvalue weighted by atomic mass is 9.77. The van der Waals surface area contributed by atoms with Gasteiger partial charge in [0.2, 0.25) is 10.8 Å². The Morgan fingerprint density at radius 1 is 1.32 bits per heavy atom. The Kier molecular flexibility index (Phi) is 5.22. The van der Waals surface area contributed by atoms with Gasteiger partial charge in [0.15, 0.2) is 5.82 Å². The van der Waals surface area contributed by atoms with Gasteiger partial charge >= 0.3 is 0 Å². The minimum atomic E-state index is -1.14. The van der Waals surface area contributed by atoms with E-state index in [4.69, 9.17) is 16.3 Å². The number of methoxy groups -OCH3 is 1. The molecule has 1 saturated heterocycles. The van der Waals surface area contributed by atoms with Crippen LogP contribution in [0.15, 0.2) is 23.1 Å². The van der Waals surface area contributed by atoms with Crippen LogP contribution in [0.1, 0.15) is 30.5 Å². The summed E-state index contributed by atoms with van der Waals surface area (Å²) in [5, 5.41) is 24.8. The number of aliphatic hydroxyl groups is 2. The molecule has 2 fully saturated rings. The molecule has 166 valence electrons. The van der Waals surface area contributed by atoms with Gasteiger partial charge in [-0.2, -0.15) is 4.98 Å². The summed E-state index contributed by atoms with van der Waals surface area (Å²) in [5.74, 6) is 2.10. The lowest BCUT2D eigenvalue weighted by molar-refractivity contribution is 0.00633. The number of aromatic nitrogens is 2. The average molecular weight is 465 g/mol. The van der Waals surface area contributed by atoms with Gasteiger partial charge in [0, 0.05) is 6.42 Å². The molecule has 3 N–H and O–H groups in total.